The molecule has 0 unspecified atom stereocenters. The number of piperazine rings is 1. The van der Waals surface area contributed by atoms with E-state index in [-0.39, 0.29) is 62.4 Å². The fourth-order valence-electron chi connectivity index (χ4n) is 6.29. The third-order valence-corrected chi connectivity index (χ3v) is 10.9. The summed E-state index contributed by atoms with van der Waals surface area (Å²) in [6, 6.07) is 7.37. The summed E-state index contributed by atoms with van der Waals surface area (Å²) in [5, 5.41) is 26.3. The van der Waals surface area contributed by atoms with Crippen LogP contribution in [0.25, 0.3) is 22.4 Å². The summed E-state index contributed by atoms with van der Waals surface area (Å²) in [7, 11) is 5.00. The number of aryl methyl sites for hydroxylation is 1. The first-order chi connectivity index (χ1) is 26.8. The fourth-order valence-corrected chi connectivity index (χ4v) is 7.42. The van der Waals surface area contributed by atoms with E-state index in [1.165, 1.54) is 48.1 Å². The number of aliphatic hydroxyl groups is 2. The van der Waals surface area contributed by atoms with Gasteiger partial charge in [-0.25, -0.2) is 13.8 Å². The first-order valence-corrected chi connectivity index (χ1v) is 19.5. The maximum Gasteiger partial charge on any atom is 0.291 e. The zero-order valence-corrected chi connectivity index (χ0v) is 33.4. The van der Waals surface area contributed by atoms with Crippen molar-refractivity contribution in [3.8, 4) is 22.4 Å². The monoisotopic (exact) mass is 816 g/mol. The molecule has 0 radical (unpaired) electrons. The molecule has 3 N–H and O–H groups in total. The molecular formula is C38H47ClF2N8O6S. The number of thioether (sulfide) groups is 1. The number of amides is 3. The van der Waals surface area contributed by atoms with Crippen LogP contribution >= 0.6 is 23.4 Å². The largest absolute Gasteiger partial charge is 0.396 e. The van der Waals surface area contributed by atoms with Gasteiger partial charge in [0.2, 0.25) is 0 Å². The summed E-state index contributed by atoms with van der Waals surface area (Å²) >= 11 is 7.57. The third-order valence-electron chi connectivity index (χ3n) is 9.53. The van der Waals surface area contributed by atoms with E-state index >= 15 is 8.78 Å². The number of ether oxygens (including phenoxy) is 1. The Morgan fingerprint density at radius 3 is 2.45 bits per heavy atom. The van der Waals surface area contributed by atoms with Crippen molar-refractivity contribution in [2.45, 2.75) is 32.4 Å². The van der Waals surface area contributed by atoms with Crippen LogP contribution < -0.4 is 5.32 Å². The number of imidazole rings is 1. The van der Waals surface area contributed by atoms with Crippen LogP contribution in [-0.4, -0.2) is 140 Å². The summed E-state index contributed by atoms with van der Waals surface area (Å²) in [6.07, 6.45) is 3.46. The number of hydrogen-bond donors (Lipinski definition) is 3. The number of aliphatic hydroxyl groups excluding tert-OH is 2. The normalized spacial score (nSPS) is 13.8. The molecule has 0 bridgehead atoms. The van der Waals surface area contributed by atoms with Gasteiger partial charge in [-0.1, -0.05) is 29.4 Å². The fraction of sp³-hybridized carbons (Fsp3) is 0.447. The van der Waals surface area contributed by atoms with E-state index in [4.69, 9.17) is 21.4 Å². The van der Waals surface area contributed by atoms with Gasteiger partial charge in [0.1, 0.15) is 0 Å². The van der Waals surface area contributed by atoms with Gasteiger partial charge >= 0.3 is 0 Å². The molecule has 4 aromatic rings. The Bertz CT molecular complexity index is 2020. The molecule has 1 fully saturated rings. The van der Waals surface area contributed by atoms with Crippen LogP contribution in [0.4, 0.5) is 19.3 Å². The summed E-state index contributed by atoms with van der Waals surface area (Å²) in [4.78, 5) is 48.9. The molecule has 56 heavy (non-hydrogen) atoms. The Balaban J connectivity index is 1.15. The highest BCUT2D eigenvalue weighted by molar-refractivity contribution is 8.13. The van der Waals surface area contributed by atoms with Gasteiger partial charge in [-0.05, 0) is 51.1 Å². The van der Waals surface area contributed by atoms with Gasteiger partial charge in [-0.15, -0.1) is 0 Å². The lowest BCUT2D eigenvalue weighted by Crippen LogP contribution is -2.49. The second-order valence-corrected chi connectivity index (χ2v) is 14.9. The number of benzene rings is 2. The van der Waals surface area contributed by atoms with Gasteiger partial charge in [-0.3, -0.25) is 19.1 Å². The van der Waals surface area contributed by atoms with Crippen molar-refractivity contribution in [1.29, 1.82) is 0 Å². The van der Waals surface area contributed by atoms with Crippen LogP contribution in [0.5, 0.6) is 0 Å². The number of anilines is 1. The van der Waals surface area contributed by atoms with E-state index in [0.29, 0.717) is 70.0 Å². The average molecular weight is 817 g/mol. The molecule has 2 aromatic carbocycles. The van der Waals surface area contributed by atoms with Crippen LogP contribution in [0, 0.1) is 18.6 Å². The van der Waals surface area contributed by atoms with Gasteiger partial charge in [0.25, 0.3) is 17.1 Å². The quantitative estimate of drug-likeness (QED) is 0.144. The molecule has 1 aliphatic rings. The predicted octanol–water partition coefficient (Wildman–Crippen LogP) is 4.77. The van der Waals surface area contributed by atoms with E-state index in [0.717, 1.165) is 18.3 Å². The van der Waals surface area contributed by atoms with E-state index in [2.05, 4.69) is 15.4 Å². The predicted molar refractivity (Wildman–Crippen MR) is 211 cm³/mol. The molecule has 1 atom stereocenters. The van der Waals surface area contributed by atoms with Crippen molar-refractivity contribution >= 4 is 46.1 Å². The highest BCUT2D eigenvalue weighted by Gasteiger charge is 2.28. The van der Waals surface area contributed by atoms with Crippen molar-refractivity contribution < 1.29 is 38.1 Å². The molecule has 14 nitrogen and oxygen atoms in total. The van der Waals surface area contributed by atoms with E-state index in [1.54, 1.807) is 34.7 Å². The average Bonchev–Trinajstić information content (AvgIpc) is 3.76. The van der Waals surface area contributed by atoms with Gasteiger partial charge in [0, 0.05) is 94.4 Å². The van der Waals surface area contributed by atoms with E-state index < -0.39 is 23.6 Å². The summed E-state index contributed by atoms with van der Waals surface area (Å²) in [5.74, 6) is -2.92. The number of nitrogens with one attached hydrogen (secondary N) is 1. The first-order valence-electron chi connectivity index (χ1n) is 18.2. The first kappa shape index (κ1) is 42.7. The molecule has 5 rings (SSSR count). The van der Waals surface area contributed by atoms with E-state index in [1.807, 2.05) is 11.9 Å². The lowest BCUT2D eigenvalue weighted by molar-refractivity contribution is 0.0677. The number of carbonyl (C=O) groups excluding carboxylic acids is 3. The molecule has 3 heterocycles. The van der Waals surface area contributed by atoms with Gasteiger partial charge in [0.15, 0.2) is 17.5 Å². The zero-order chi connectivity index (χ0) is 40.5. The van der Waals surface area contributed by atoms with Crippen LogP contribution in [0.1, 0.15) is 39.5 Å². The number of halogens is 3. The molecule has 302 valence electrons. The Morgan fingerprint density at radius 2 is 1.75 bits per heavy atom. The topological polar surface area (TPSA) is 158 Å². The number of hydrogen-bond acceptors (Lipinski definition) is 10. The highest BCUT2D eigenvalue weighted by Crippen LogP contribution is 2.33. The van der Waals surface area contributed by atoms with Crippen LogP contribution in [0.15, 0.2) is 42.7 Å². The molecule has 3 amide bonds. The highest BCUT2D eigenvalue weighted by atomic mass is 35.5. The zero-order valence-electron chi connectivity index (χ0n) is 31.8. The number of nitrogens with zero attached hydrogens (tertiary/aromatic N) is 7. The number of aromatic nitrogens is 4. The number of rotatable bonds is 16. The summed E-state index contributed by atoms with van der Waals surface area (Å²) in [6.45, 7) is 5.34. The third kappa shape index (κ3) is 10.3. The lowest BCUT2D eigenvalue weighted by Gasteiger charge is -2.34. The minimum Gasteiger partial charge on any atom is -0.396 e. The summed E-state index contributed by atoms with van der Waals surface area (Å²) < 4.78 is 39.0. The Hall–Kier alpha value is -4.39. The Morgan fingerprint density at radius 1 is 1.05 bits per heavy atom. The van der Waals surface area contributed by atoms with Gasteiger partial charge in [0.05, 0.1) is 47.4 Å². The van der Waals surface area contributed by atoms with Crippen molar-refractivity contribution in [3.63, 3.8) is 0 Å². The van der Waals surface area contributed by atoms with Crippen LogP contribution in [0.2, 0.25) is 5.02 Å². The van der Waals surface area contributed by atoms with Crippen LogP contribution in [-0.2, 0) is 18.3 Å². The lowest BCUT2D eigenvalue weighted by atomic mass is 10.0. The molecule has 1 saturated heterocycles. The minimum absolute atomic E-state index is 0.0529. The maximum atomic E-state index is 15.5. The second-order valence-electron chi connectivity index (χ2n) is 13.5. The minimum atomic E-state index is -1.10. The molecule has 0 spiro atoms. The standard InChI is InChI=1S/C38H47ClF2N8O6S/c1-24-30(22-49(44-24)17-19-55-4)27-8-9-29(34(41)33(27)40)32-21-42-35(46(32)3)36(52)43-25-6-7-28(31(39)20-25)37(53)47-13-15-48(16-14-47)38(54)56-23-26(51)10-12-45(2)11-5-18-50/h6-9,20-22,26,50-51H,5,10-19,23H2,1-4H3,(H,43,52)/t26-/m0/s1. The maximum absolute atomic E-state index is 15.5. The van der Waals surface area contributed by atoms with Crippen molar-refractivity contribution in [3.05, 3.63) is 76.5 Å². The molecule has 2 aromatic heterocycles. The van der Waals surface area contributed by atoms with Crippen molar-refractivity contribution in [2.75, 3.05) is 77.7 Å². The molecule has 0 saturated carbocycles. The smallest absolute Gasteiger partial charge is 0.291 e. The van der Waals surface area contributed by atoms with Crippen molar-refractivity contribution in [2.24, 2.45) is 7.05 Å². The molecule has 18 heteroatoms. The summed E-state index contributed by atoms with van der Waals surface area (Å²) in [5.41, 5.74) is 1.65. The van der Waals surface area contributed by atoms with Gasteiger partial charge in [-0.2, -0.15) is 5.10 Å². The molecular weight excluding hydrogens is 770 g/mol. The second kappa shape index (κ2) is 19.7. The molecule has 0 aliphatic carbocycles. The Kier molecular flexibility index (Phi) is 15.0. The molecule has 1 aliphatic heterocycles. The van der Waals surface area contributed by atoms with Crippen molar-refractivity contribution in [1.82, 2.24) is 34.0 Å². The number of carbonyl (C=O) groups is 3. The van der Waals surface area contributed by atoms with Gasteiger partial charge < -0.3 is 39.5 Å². The van der Waals surface area contributed by atoms with Crippen LogP contribution in [0.3, 0.4) is 0 Å². The SMILES string of the molecule is COCCn1cc(-c2ccc(-c3cnc(C(=O)Nc4ccc(C(=O)N5CCN(C(=O)SC[C@@H](O)CCN(C)CCCO)CC5)c(Cl)c4)n3C)c(F)c2F)c(C)n1. The van der Waals surface area contributed by atoms with E-state index in [9.17, 15) is 19.5 Å². The number of methoxy groups -OCH3 is 1. The Labute approximate surface area is 333 Å².